The quantitative estimate of drug-likeness (QED) is 0.751. The number of anilines is 2. The van der Waals surface area contributed by atoms with E-state index in [1.165, 1.54) is 5.56 Å². The number of nitrogens with one attached hydrogen (secondary N) is 2. The van der Waals surface area contributed by atoms with Crippen molar-refractivity contribution in [1.82, 2.24) is 5.32 Å². The molecule has 2 amide bonds. The Morgan fingerprint density at radius 1 is 1.07 bits per heavy atom. The normalized spacial score (nSPS) is 12.7. The lowest BCUT2D eigenvalue weighted by Crippen LogP contribution is -2.42. The van der Waals surface area contributed by atoms with E-state index in [0.29, 0.717) is 11.4 Å². The molecule has 0 bridgehead atoms. The van der Waals surface area contributed by atoms with E-state index in [4.69, 9.17) is 9.47 Å². The number of methoxy groups -OCH3 is 2. The van der Waals surface area contributed by atoms with Gasteiger partial charge >= 0.3 is 0 Å². The van der Waals surface area contributed by atoms with Gasteiger partial charge in [0.15, 0.2) is 0 Å². The Bertz CT molecular complexity index is 883. The Morgan fingerprint density at radius 2 is 1.86 bits per heavy atom. The maximum absolute atomic E-state index is 12.5. The van der Waals surface area contributed by atoms with Gasteiger partial charge in [0.25, 0.3) is 0 Å². The van der Waals surface area contributed by atoms with Crippen LogP contribution in [0.5, 0.6) is 11.5 Å². The lowest BCUT2D eigenvalue weighted by atomic mass is 10.0. The van der Waals surface area contributed by atoms with Gasteiger partial charge in [-0.15, -0.1) is 0 Å². The predicted octanol–water partition coefficient (Wildman–Crippen LogP) is 2.52. The minimum atomic E-state index is -0.307. The SMILES string of the molecule is COc1ccc(C)cc1NC(=O)CNC(=O)CN1CCCc2cccc(OC)c21. The molecular weight excluding hydrogens is 370 g/mol. The highest BCUT2D eigenvalue weighted by Gasteiger charge is 2.22. The van der Waals surface area contributed by atoms with Crippen LogP contribution in [0.3, 0.4) is 0 Å². The van der Waals surface area contributed by atoms with Gasteiger partial charge in [-0.1, -0.05) is 18.2 Å². The maximum atomic E-state index is 12.5. The molecule has 1 aliphatic heterocycles. The zero-order valence-corrected chi connectivity index (χ0v) is 17.1. The zero-order chi connectivity index (χ0) is 20.8. The van der Waals surface area contributed by atoms with E-state index in [1.807, 2.05) is 36.1 Å². The van der Waals surface area contributed by atoms with Crippen molar-refractivity contribution in [3.05, 3.63) is 47.5 Å². The lowest BCUT2D eigenvalue weighted by Gasteiger charge is -2.32. The first-order valence-electron chi connectivity index (χ1n) is 9.64. The summed E-state index contributed by atoms with van der Waals surface area (Å²) < 4.78 is 10.7. The van der Waals surface area contributed by atoms with Gasteiger partial charge in [0.2, 0.25) is 11.8 Å². The molecule has 0 unspecified atom stereocenters. The van der Waals surface area contributed by atoms with Crippen LogP contribution in [-0.2, 0) is 16.0 Å². The Kier molecular flexibility index (Phi) is 6.59. The van der Waals surface area contributed by atoms with Gasteiger partial charge in [-0.05, 0) is 49.1 Å². The number of para-hydroxylation sites is 1. The maximum Gasteiger partial charge on any atom is 0.243 e. The molecule has 7 heteroatoms. The molecule has 2 N–H and O–H groups in total. The van der Waals surface area contributed by atoms with E-state index < -0.39 is 0 Å². The van der Waals surface area contributed by atoms with E-state index in [-0.39, 0.29) is 24.9 Å². The van der Waals surface area contributed by atoms with Gasteiger partial charge in [-0.2, -0.15) is 0 Å². The molecule has 0 aliphatic carbocycles. The van der Waals surface area contributed by atoms with Gasteiger partial charge in [0, 0.05) is 6.54 Å². The first kappa shape index (κ1) is 20.5. The second kappa shape index (κ2) is 9.32. The van der Waals surface area contributed by atoms with Crippen LogP contribution in [0.4, 0.5) is 11.4 Å². The molecular formula is C22H27N3O4. The zero-order valence-electron chi connectivity index (χ0n) is 17.1. The van der Waals surface area contributed by atoms with E-state index in [2.05, 4.69) is 16.7 Å². The molecule has 0 aromatic heterocycles. The Balaban J connectivity index is 1.58. The number of amides is 2. The minimum absolute atomic E-state index is 0.109. The van der Waals surface area contributed by atoms with Crippen molar-refractivity contribution < 1.29 is 19.1 Å². The molecule has 1 heterocycles. The van der Waals surface area contributed by atoms with Crippen molar-refractivity contribution >= 4 is 23.2 Å². The number of rotatable bonds is 7. The summed E-state index contributed by atoms with van der Waals surface area (Å²) in [5, 5.41) is 5.48. The number of hydrogen-bond donors (Lipinski definition) is 2. The van der Waals surface area contributed by atoms with Gasteiger partial charge < -0.3 is 25.0 Å². The Labute approximate surface area is 171 Å². The topological polar surface area (TPSA) is 79.9 Å². The number of aryl methyl sites for hydroxylation is 2. The Hall–Kier alpha value is -3.22. The largest absolute Gasteiger partial charge is 0.495 e. The van der Waals surface area contributed by atoms with Crippen molar-refractivity contribution in [2.75, 3.05) is 44.1 Å². The van der Waals surface area contributed by atoms with Crippen LogP contribution in [0, 0.1) is 6.92 Å². The van der Waals surface area contributed by atoms with Crippen LogP contribution in [-0.4, -0.2) is 45.7 Å². The molecule has 2 aromatic rings. The fourth-order valence-electron chi connectivity index (χ4n) is 3.55. The lowest BCUT2D eigenvalue weighted by molar-refractivity contribution is -0.123. The fraction of sp³-hybridized carbons (Fsp3) is 0.364. The second-order valence-corrected chi connectivity index (χ2v) is 7.02. The monoisotopic (exact) mass is 397 g/mol. The average molecular weight is 397 g/mol. The second-order valence-electron chi connectivity index (χ2n) is 7.02. The minimum Gasteiger partial charge on any atom is -0.495 e. The first-order valence-corrected chi connectivity index (χ1v) is 9.64. The number of fused-ring (bicyclic) bond motifs is 1. The van der Waals surface area contributed by atoms with E-state index in [0.717, 1.165) is 36.4 Å². The smallest absolute Gasteiger partial charge is 0.243 e. The molecule has 154 valence electrons. The third-order valence-corrected chi connectivity index (χ3v) is 4.90. The highest BCUT2D eigenvalue weighted by Crippen LogP contribution is 2.35. The van der Waals surface area contributed by atoms with Gasteiger partial charge in [0.05, 0.1) is 38.7 Å². The summed E-state index contributed by atoms with van der Waals surface area (Å²) in [6.07, 6.45) is 1.94. The van der Waals surface area contributed by atoms with Crippen LogP contribution in [0.1, 0.15) is 17.5 Å². The number of carbonyl (C=O) groups is 2. The first-order chi connectivity index (χ1) is 14.0. The molecule has 0 atom stereocenters. The van der Waals surface area contributed by atoms with Crippen molar-refractivity contribution in [2.24, 2.45) is 0 Å². The van der Waals surface area contributed by atoms with Crippen LogP contribution in [0.15, 0.2) is 36.4 Å². The molecule has 0 spiro atoms. The van der Waals surface area contributed by atoms with Crippen molar-refractivity contribution in [3.63, 3.8) is 0 Å². The molecule has 0 radical (unpaired) electrons. The number of carbonyl (C=O) groups excluding carboxylic acids is 2. The van der Waals surface area contributed by atoms with Gasteiger partial charge in [-0.3, -0.25) is 9.59 Å². The number of ether oxygens (including phenoxy) is 2. The molecule has 7 nitrogen and oxygen atoms in total. The third kappa shape index (κ3) is 4.99. The molecule has 0 saturated carbocycles. The summed E-state index contributed by atoms with van der Waals surface area (Å²) in [6.45, 7) is 2.77. The summed E-state index contributed by atoms with van der Waals surface area (Å²) in [4.78, 5) is 26.7. The molecule has 29 heavy (non-hydrogen) atoms. The molecule has 2 aromatic carbocycles. The Morgan fingerprint density at radius 3 is 2.62 bits per heavy atom. The number of benzene rings is 2. The van der Waals surface area contributed by atoms with Crippen LogP contribution >= 0.6 is 0 Å². The summed E-state index contributed by atoms with van der Waals surface area (Å²) in [5.74, 6) is 0.820. The van der Waals surface area contributed by atoms with Crippen LogP contribution < -0.4 is 25.0 Å². The third-order valence-electron chi connectivity index (χ3n) is 4.90. The van der Waals surface area contributed by atoms with Crippen molar-refractivity contribution in [2.45, 2.75) is 19.8 Å². The fourth-order valence-corrected chi connectivity index (χ4v) is 3.55. The molecule has 1 aliphatic rings. The van der Waals surface area contributed by atoms with Crippen LogP contribution in [0.2, 0.25) is 0 Å². The summed E-state index contributed by atoms with van der Waals surface area (Å²) >= 11 is 0. The molecule has 0 fully saturated rings. The van der Waals surface area contributed by atoms with E-state index >= 15 is 0 Å². The predicted molar refractivity (Wildman–Crippen MR) is 113 cm³/mol. The molecule has 3 rings (SSSR count). The van der Waals surface area contributed by atoms with Gasteiger partial charge in [0.1, 0.15) is 11.5 Å². The van der Waals surface area contributed by atoms with Crippen molar-refractivity contribution in [3.8, 4) is 11.5 Å². The number of hydrogen-bond acceptors (Lipinski definition) is 5. The number of nitrogens with zero attached hydrogens (tertiary/aromatic N) is 1. The highest BCUT2D eigenvalue weighted by atomic mass is 16.5. The summed E-state index contributed by atoms with van der Waals surface area (Å²) in [6, 6.07) is 11.5. The average Bonchev–Trinajstić information content (AvgIpc) is 2.72. The standard InChI is InChI=1S/C22H27N3O4/c1-15-9-10-18(28-2)17(12-15)24-20(26)13-23-21(27)14-25-11-5-7-16-6-4-8-19(29-3)22(16)25/h4,6,8-10,12H,5,7,11,13-14H2,1-3H3,(H,23,27)(H,24,26). The van der Waals surface area contributed by atoms with Crippen LogP contribution in [0.25, 0.3) is 0 Å². The summed E-state index contributed by atoms with van der Waals surface area (Å²) in [7, 11) is 3.18. The summed E-state index contributed by atoms with van der Waals surface area (Å²) in [5.41, 5.74) is 3.72. The van der Waals surface area contributed by atoms with E-state index in [1.54, 1.807) is 20.3 Å². The van der Waals surface area contributed by atoms with Gasteiger partial charge in [-0.25, -0.2) is 0 Å². The molecule has 0 saturated heterocycles. The van der Waals surface area contributed by atoms with Crippen molar-refractivity contribution in [1.29, 1.82) is 0 Å². The highest BCUT2D eigenvalue weighted by molar-refractivity contribution is 5.96. The van der Waals surface area contributed by atoms with E-state index in [9.17, 15) is 9.59 Å².